The fraction of sp³-hybridized carbons (Fsp3) is 0.417. The van der Waals surface area contributed by atoms with Gasteiger partial charge in [0.05, 0.1) is 24.7 Å². The zero-order valence-corrected chi connectivity index (χ0v) is 18.0. The number of nitrogens with one attached hydrogen (secondary N) is 1. The Morgan fingerprint density at radius 2 is 1.59 bits per heavy atom. The second kappa shape index (κ2) is 8.11. The van der Waals surface area contributed by atoms with Crippen molar-refractivity contribution in [2.24, 2.45) is 0 Å². The molecule has 0 radical (unpaired) electrons. The van der Waals surface area contributed by atoms with Gasteiger partial charge in [-0.2, -0.15) is 0 Å². The zero-order chi connectivity index (χ0) is 22.3. The molecule has 168 valence electrons. The predicted molar refractivity (Wildman–Crippen MR) is 121 cm³/mol. The number of aliphatic hydroxyl groups excluding tert-OH is 1. The summed E-state index contributed by atoms with van der Waals surface area (Å²) in [5.74, 6) is -0.239. The molecular formula is C24H28N4O4. The lowest BCUT2D eigenvalue weighted by Gasteiger charge is -2.35. The van der Waals surface area contributed by atoms with Crippen molar-refractivity contribution in [1.29, 1.82) is 0 Å². The highest BCUT2D eigenvalue weighted by atomic mass is 16.3. The molecule has 8 nitrogen and oxygen atoms in total. The number of β-amino-alcohol motifs (C(OH)–C–C–N with tert-alkyl or cyclic N) is 1. The van der Waals surface area contributed by atoms with Crippen molar-refractivity contribution in [3.8, 4) is 11.1 Å². The van der Waals surface area contributed by atoms with Gasteiger partial charge in [0.25, 0.3) is 11.8 Å². The number of amides is 2. The van der Waals surface area contributed by atoms with E-state index in [1.54, 1.807) is 9.80 Å². The Balaban J connectivity index is 1.24. The molecule has 32 heavy (non-hydrogen) atoms. The summed E-state index contributed by atoms with van der Waals surface area (Å²) in [6, 6.07) is 13.8. The van der Waals surface area contributed by atoms with Crippen LogP contribution < -0.4 is 10.2 Å². The minimum absolute atomic E-state index is 0.0407. The summed E-state index contributed by atoms with van der Waals surface area (Å²) in [6.07, 6.45) is 1.08. The van der Waals surface area contributed by atoms with Gasteiger partial charge in [0.15, 0.2) is 0 Å². The second-order valence-electron chi connectivity index (χ2n) is 8.75. The molecule has 0 bridgehead atoms. The van der Waals surface area contributed by atoms with Gasteiger partial charge < -0.3 is 30.2 Å². The lowest BCUT2D eigenvalue weighted by Crippen LogP contribution is -2.53. The number of nitrogens with zero attached hydrogens (tertiary/aromatic N) is 3. The van der Waals surface area contributed by atoms with E-state index in [1.807, 2.05) is 30.3 Å². The summed E-state index contributed by atoms with van der Waals surface area (Å²) in [5.41, 5.74) is 3.68. The smallest absolute Gasteiger partial charge is 0.254 e. The van der Waals surface area contributed by atoms with Crippen molar-refractivity contribution < 1.29 is 19.8 Å². The summed E-state index contributed by atoms with van der Waals surface area (Å²) < 4.78 is 0. The summed E-state index contributed by atoms with van der Waals surface area (Å²) in [6.45, 7) is 3.23. The highest BCUT2D eigenvalue weighted by Gasteiger charge is 2.50. The number of hydrogen-bond acceptors (Lipinski definition) is 6. The average molecular weight is 437 g/mol. The van der Waals surface area contributed by atoms with Gasteiger partial charge in [0.1, 0.15) is 5.60 Å². The third-order valence-electron chi connectivity index (χ3n) is 6.61. The standard InChI is InChI=1S/C24H28N4O4/c29-14-13-28-16-25-20-6-5-19(15-21(20)28)17-1-3-18(4-2-17)22(30)26-9-11-27(12-10-26)23(31)24(32)7-8-24/h1-6,15,25,29,32H,7-14,16H2. The molecule has 2 aromatic rings. The van der Waals surface area contributed by atoms with E-state index in [0.717, 1.165) is 22.5 Å². The van der Waals surface area contributed by atoms with E-state index in [4.69, 9.17) is 0 Å². The van der Waals surface area contributed by atoms with Crippen molar-refractivity contribution in [3.63, 3.8) is 0 Å². The molecule has 3 aliphatic rings. The summed E-state index contributed by atoms with van der Waals surface area (Å²) >= 11 is 0. The molecule has 2 fully saturated rings. The monoisotopic (exact) mass is 436 g/mol. The molecule has 2 aromatic carbocycles. The number of anilines is 2. The Hall–Kier alpha value is -3.10. The summed E-state index contributed by atoms with van der Waals surface area (Å²) in [7, 11) is 0. The first-order valence-electron chi connectivity index (χ1n) is 11.1. The van der Waals surface area contributed by atoms with Crippen LogP contribution in [0.15, 0.2) is 42.5 Å². The number of benzene rings is 2. The number of rotatable bonds is 5. The minimum atomic E-state index is -1.15. The first-order chi connectivity index (χ1) is 15.5. The fourth-order valence-corrected chi connectivity index (χ4v) is 4.44. The highest BCUT2D eigenvalue weighted by Crippen LogP contribution is 2.37. The Morgan fingerprint density at radius 1 is 0.938 bits per heavy atom. The maximum Gasteiger partial charge on any atom is 0.254 e. The fourth-order valence-electron chi connectivity index (χ4n) is 4.44. The third kappa shape index (κ3) is 3.80. The van der Waals surface area contributed by atoms with E-state index in [1.165, 1.54) is 0 Å². The van der Waals surface area contributed by atoms with Gasteiger partial charge in [0, 0.05) is 38.3 Å². The molecule has 3 N–H and O–H groups in total. The van der Waals surface area contributed by atoms with Crippen LogP contribution in [0.4, 0.5) is 11.4 Å². The van der Waals surface area contributed by atoms with E-state index in [0.29, 0.717) is 57.8 Å². The minimum Gasteiger partial charge on any atom is -0.395 e. The molecule has 0 unspecified atom stereocenters. The van der Waals surface area contributed by atoms with Crippen molar-refractivity contribution in [2.75, 3.05) is 56.2 Å². The maximum absolute atomic E-state index is 12.9. The molecule has 2 aliphatic heterocycles. The molecule has 2 amide bonds. The number of piperazine rings is 1. The quantitative estimate of drug-likeness (QED) is 0.655. The number of carbonyl (C=O) groups is 2. The van der Waals surface area contributed by atoms with E-state index < -0.39 is 5.60 Å². The van der Waals surface area contributed by atoms with Crippen LogP contribution in [0.2, 0.25) is 0 Å². The van der Waals surface area contributed by atoms with Gasteiger partial charge in [-0.15, -0.1) is 0 Å². The van der Waals surface area contributed by atoms with E-state index in [2.05, 4.69) is 22.3 Å². The van der Waals surface area contributed by atoms with E-state index in [-0.39, 0.29) is 18.4 Å². The van der Waals surface area contributed by atoms with Crippen LogP contribution in [0.3, 0.4) is 0 Å². The molecule has 1 saturated heterocycles. The lowest BCUT2D eigenvalue weighted by molar-refractivity contribution is -0.143. The van der Waals surface area contributed by atoms with Crippen LogP contribution in [0.25, 0.3) is 11.1 Å². The van der Waals surface area contributed by atoms with Gasteiger partial charge in [-0.25, -0.2) is 0 Å². The summed E-state index contributed by atoms with van der Waals surface area (Å²) in [5, 5.41) is 22.6. The van der Waals surface area contributed by atoms with Crippen molar-refractivity contribution in [3.05, 3.63) is 48.0 Å². The molecule has 8 heteroatoms. The lowest BCUT2D eigenvalue weighted by atomic mass is 10.0. The maximum atomic E-state index is 12.9. The van der Waals surface area contributed by atoms with Crippen LogP contribution >= 0.6 is 0 Å². The SMILES string of the molecule is O=C(c1ccc(-c2ccc3c(c2)N(CCO)CN3)cc1)N1CCN(C(=O)C2(O)CC2)CC1. The molecule has 5 rings (SSSR count). The summed E-state index contributed by atoms with van der Waals surface area (Å²) in [4.78, 5) is 30.8. The van der Waals surface area contributed by atoms with Crippen molar-refractivity contribution in [1.82, 2.24) is 9.80 Å². The van der Waals surface area contributed by atoms with Crippen LogP contribution in [0.5, 0.6) is 0 Å². The van der Waals surface area contributed by atoms with Gasteiger partial charge in [-0.1, -0.05) is 18.2 Å². The molecule has 0 spiro atoms. The number of carbonyl (C=O) groups excluding carboxylic acids is 2. The van der Waals surface area contributed by atoms with Crippen LogP contribution in [0.1, 0.15) is 23.2 Å². The third-order valence-corrected chi connectivity index (χ3v) is 6.61. The normalized spacial score (nSPS) is 18.9. The number of hydrogen-bond donors (Lipinski definition) is 3. The van der Waals surface area contributed by atoms with Crippen LogP contribution in [-0.4, -0.2) is 83.4 Å². The molecule has 0 atom stereocenters. The Bertz CT molecular complexity index is 1020. The molecule has 0 aromatic heterocycles. The Labute approximate surface area is 187 Å². The molecular weight excluding hydrogens is 408 g/mol. The van der Waals surface area contributed by atoms with Crippen LogP contribution in [0, 0.1) is 0 Å². The first-order valence-corrected chi connectivity index (χ1v) is 11.1. The average Bonchev–Trinajstić information content (AvgIpc) is 3.47. The number of aliphatic hydroxyl groups is 2. The van der Waals surface area contributed by atoms with Gasteiger partial charge in [-0.05, 0) is 48.2 Å². The van der Waals surface area contributed by atoms with Gasteiger partial charge in [-0.3, -0.25) is 9.59 Å². The number of fused-ring (bicyclic) bond motifs is 1. The van der Waals surface area contributed by atoms with E-state index in [9.17, 15) is 19.8 Å². The zero-order valence-electron chi connectivity index (χ0n) is 18.0. The van der Waals surface area contributed by atoms with Gasteiger partial charge >= 0.3 is 0 Å². The van der Waals surface area contributed by atoms with Crippen molar-refractivity contribution in [2.45, 2.75) is 18.4 Å². The molecule has 2 heterocycles. The second-order valence-corrected chi connectivity index (χ2v) is 8.75. The molecule has 1 saturated carbocycles. The van der Waals surface area contributed by atoms with Crippen molar-refractivity contribution >= 4 is 23.2 Å². The Kier molecular flexibility index (Phi) is 5.27. The van der Waals surface area contributed by atoms with Crippen LogP contribution in [-0.2, 0) is 4.79 Å². The molecule has 1 aliphatic carbocycles. The highest BCUT2D eigenvalue weighted by molar-refractivity contribution is 5.95. The Morgan fingerprint density at radius 3 is 2.25 bits per heavy atom. The predicted octanol–water partition coefficient (Wildman–Crippen LogP) is 1.34. The first kappa shape index (κ1) is 20.8. The topological polar surface area (TPSA) is 96.4 Å². The van der Waals surface area contributed by atoms with E-state index >= 15 is 0 Å². The largest absolute Gasteiger partial charge is 0.395 e. The van der Waals surface area contributed by atoms with Gasteiger partial charge in [0.2, 0.25) is 0 Å².